The molecule has 1 aromatic carbocycles. The average Bonchev–Trinajstić information content (AvgIpc) is 3.34. The van der Waals surface area contributed by atoms with E-state index in [1.54, 1.807) is 30.8 Å². The molecule has 1 aliphatic rings. The van der Waals surface area contributed by atoms with E-state index in [9.17, 15) is 4.79 Å². The molecule has 0 saturated heterocycles. The molecule has 8 nitrogen and oxygen atoms in total. The second-order valence-electron chi connectivity index (χ2n) is 7.87. The first-order valence-corrected chi connectivity index (χ1v) is 13.2. The number of aromatic nitrogens is 3. The number of ether oxygens (including phenoxy) is 2. The third-order valence-electron chi connectivity index (χ3n) is 5.92. The topological polar surface area (TPSA) is 90.3 Å². The third kappa shape index (κ3) is 5.63. The maximum Gasteiger partial charge on any atom is 0.259 e. The minimum atomic E-state index is -0.306. The number of halogens is 2. The summed E-state index contributed by atoms with van der Waals surface area (Å²) in [5, 5.41) is 6.29. The highest BCUT2D eigenvalue weighted by atomic mass is 35.5. The van der Waals surface area contributed by atoms with Gasteiger partial charge in [-0.15, -0.1) is 0 Å². The number of hydrogen-bond acceptors (Lipinski definition) is 9. The number of aryl methyl sites for hydroxylation is 1. The SMILES string of the molecule is C=CSNC1CCCC1Nc1ncc2cc(-c3c(Cl)c(OC)cc(OC)c3Cl)c(=O)n(C)c2n1.C=S. The van der Waals surface area contributed by atoms with E-state index in [1.807, 2.05) is 0 Å². The number of fused-ring (bicyclic) bond motifs is 1. The molecule has 1 saturated carbocycles. The molecule has 2 heterocycles. The Morgan fingerprint density at radius 2 is 1.81 bits per heavy atom. The van der Waals surface area contributed by atoms with Crippen molar-refractivity contribution in [2.75, 3.05) is 19.5 Å². The number of nitrogens with one attached hydrogen (secondary N) is 2. The number of benzene rings is 1. The first-order valence-electron chi connectivity index (χ1n) is 10.9. The highest BCUT2D eigenvalue weighted by Gasteiger charge is 2.28. The Labute approximate surface area is 229 Å². The Hall–Kier alpha value is -2.37. The van der Waals surface area contributed by atoms with E-state index >= 15 is 0 Å². The van der Waals surface area contributed by atoms with Gasteiger partial charge in [0.05, 0.1) is 29.8 Å². The lowest BCUT2D eigenvalue weighted by molar-refractivity contribution is 0.395. The van der Waals surface area contributed by atoms with Crippen molar-refractivity contribution in [1.82, 2.24) is 19.3 Å². The van der Waals surface area contributed by atoms with Crippen molar-refractivity contribution in [1.29, 1.82) is 0 Å². The fourth-order valence-corrected chi connectivity index (χ4v) is 5.45. The van der Waals surface area contributed by atoms with Crippen LogP contribution < -0.4 is 25.1 Å². The zero-order chi connectivity index (χ0) is 26.4. The molecule has 1 fully saturated rings. The quantitative estimate of drug-likeness (QED) is 0.264. The Kier molecular flexibility index (Phi) is 9.98. The van der Waals surface area contributed by atoms with E-state index in [-0.39, 0.29) is 27.7 Å². The zero-order valence-electron chi connectivity index (χ0n) is 20.1. The van der Waals surface area contributed by atoms with Crippen LogP contribution in [-0.2, 0) is 7.05 Å². The molecule has 2 N–H and O–H groups in total. The summed E-state index contributed by atoms with van der Waals surface area (Å²) in [6, 6.07) is 3.73. The van der Waals surface area contributed by atoms with Crippen LogP contribution in [0.1, 0.15) is 19.3 Å². The fraction of sp³-hybridized carbons (Fsp3) is 0.333. The van der Waals surface area contributed by atoms with Crippen LogP contribution in [0.3, 0.4) is 0 Å². The van der Waals surface area contributed by atoms with Gasteiger partial charge in [0.1, 0.15) is 17.1 Å². The van der Waals surface area contributed by atoms with Gasteiger partial charge in [-0.05, 0) is 36.6 Å². The van der Waals surface area contributed by atoms with Crippen LogP contribution in [0.5, 0.6) is 11.5 Å². The maximum atomic E-state index is 13.4. The van der Waals surface area contributed by atoms with E-state index in [4.69, 9.17) is 32.7 Å². The summed E-state index contributed by atoms with van der Waals surface area (Å²) in [5.74, 6) is 4.01. The summed E-state index contributed by atoms with van der Waals surface area (Å²) >= 11 is 18.4. The molecular formula is C24H27Cl2N5O3S2. The van der Waals surface area contributed by atoms with Gasteiger partial charge in [-0.1, -0.05) is 53.9 Å². The van der Waals surface area contributed by atoms with Crippen LogP contribution in [0.2, 0.25) is 10.0 Å². The number of rotatable bonds is 8. The zero-order valence-corrected chi connectivity index (χ0v) is 23.3. The maximum absolute atomic E-state index is 13.4. The first-order chi connectivity index (χ1) is 17.4. The van der Waals surface area contributed by atoms with Gasteiger partial charge in [0.15, 0.2) is 0 Å². The van der Waals surface area contributed by atoms with Gasteiger partial charge in [0.2, 0.25) is 5.95 Å². The van der Waals surface area contributed by atoms with E-state index in [0.717, 1.165) is 19.3 Å². The Balaban J connectivity index is 0.00000176. The first kappa shape index (κ1) is 28.2. The highest BCUT2D eigenvalue weighted by Crippen LogP contribution is 2.45. The highest BCUT2D eigenvalue weighted by molar-refractivity contribution is 8.00. The molecule has 1 aliphatic carbocycles. The van der Waals surface area contributed by atoms with Crippen LogP contribution in [-0.4, -0.2) is 46.7 Å². The van der Waals surface area contributed by atoms with Crippen LogP contribution in [0.15, 0.2) is 35.1 Å². The molecule has 192 valence electrons. The van der Waals surface area contributed by atoms with E-state index in [0.29, 0.717) is 39.6 Å². The van der Waals surface area contributed by atoms with Crippen molar-refractivity contribution in [2.45, 2.75) is 31.3 Å². The Bertz CT molecular complexity index is 1290. The van der Waals surface area contributed by atoms with Crippen molar-refractivity contribution in [2.24, 2.45) is 7.05 Å². The lowest BCUT2D eigenvalue weighted by Gasteiger charge is -2.21. The normalized spacial score (nSPS) is 16.8. The minimum Gasteiger partial charge on any atom is -0.495 e. The van der Waals surface area contributed by atoms with Crippen LogP contribution in [0, 0.1) is 0 Å². The molecule has 0 amide bonds. The molecule has 0 radical (unpaired) electrons. The molecule has 2 atom stereocenters. The van der Waals surface area contributed by atoms with Gasteiger partial charge in [-0.3, -0.25) is 14.1 Å². The summed E-state index contributed by atoms with van der Waals surface area (Å²) in [5.41, 5.74) is 0.826. The summed E-state index contributed by atoms with van der Waals surface area (Å²) in [6.45, 7) is 3.73. The lowest BCUT2D eigenvalue weighted by Crippen LogP contribution is -2.37. The van der Waals surface area contributed by atoms with Crippen molar-refractivity contribution < 1.29 is 9.47 Å². The second-order valence-corrected chi connectivity index (χ2v) is 9.43. The molecular weight excluding hydrogens is 541 g/mol. The predicted molar refractivity (Wildman–Crippen MR) is 154 cm³/mol. The van der Waals surface area contributed by atoms with Crippen molar-refractivity contribution in [3.05, 3.63) is 50.7 Å². The number of pyridine rings is 1. The standard InChI is InChI=1S/C23H25Cl2N5O3S.CH2S/c1-5-34-29-15-8-6-7-14(15)27-23-26-11-12-9-13(22(31)30(2)21(12)28-23)18-19(24)16(32-3)10-17(33-4)20(18)25;1-2/h5,9-11,14-15,29H,1,6-8H2,2-4H3,(H,26,27,28);1H2. The fourth-order valence-electron chi connectivity index (χ4n) is 4.19. The summed E-state index contributed by atoms with van der Waals surface area (Å²) in [6.07, 6.45) is 4.85. The van der Waals surface area contributed by atoms with Crippen molar-refractivity contribution in [3.63, 3.8) is 0 Å². The molecule has 36 heavy (non-hydrogen) atoms. The van der Waals surface area contributed by atoms with Gasteiger partial charge in [0.25, 0.3) is 5.56 Å². The number of methoxy groups -OCH3 is 2. The molecule has 12 heteroatoms. The summed E-state index contributed by atoms with van der Waals surface area (Å²) in [7, 11) is 4.63. The van der Waals surface area contributed by atoms with Crippen LogP contribution in [0.25, 0.3) is 22.2 Å². The molecule has 3 aromatic rings. The van der Waals surface area contributed by atoms with Crippen LogP contribution in [0.4, 0.5) is 5.95 Å². The summed E-state index contributed by atoms with van der Waals surface area (Å²) in [4.78, 5) is 22.5. The number of thiocarbonyl (C=S) groups is 1. The molecule has 0 bridgehead atoms. The van der Waals surface area contributed by atoms with E-state index < -0.39 is 0 Å². The predicted octanol–water partition coefficient (Wildman–Crippen LogP) is 5.65. The van der Waals surface area contributed by atoms with Gasteiger partial charge < -0.3 is 14.8 Å². The number of nitrogens with zero attached hydrogens (tertiary/aromatic N) is 3. The monoisotopic (exact) mass is 567 g/mol. The van der Waals surface area contributed by atoms with E-state index in [1.165, 1.54) is 30.7 Å². The molecule has 0 spiro atoms. The second kappa shape index (κ2) is 12.7. The lowest BCUT2D eigenvalue weighted by atomic mass is 10.0. The van der Waals surface area contributed by atoms with Crippen molar-refractivity contribution in [3.8, 4) is 22.6 Å². The molecule has 2 unspecified atom stereocenters. The average molecular weight is 569 g/mol. The van der Waals surface area contributed by atoms with Gasteiger partial charge in [0, 0.05) is 42.3 Å². The number of hydrogen-bond donors (Lipinski definition) is 2. The van der Waals surface area contributed by atoms with Gasteiger partial charge in [-0.25, -0.2) is 4.98 Å². The summed E-state index contributed by atoms with van der Waals surface area (Å²) < 4.78 is 15.6. The van der Waals surface area contributed by atoms with Crippen LogP contribution >= 0.6 is 47.4 Å². The molecule has 0 aliphatic heterocycles. The Morgan fingerprint density at radius 1 is 1.17 bits per heavy atom. The minimum absolute atomic E-state index is 0.183. The molecule has 4 rings (SSSR count). The third-order valence-corrected chi connectivity index (χ3v) is 7.28. The van der Waals surface area contributed by atoms with Gasteiger partial charge >= 0.3 is 0 Å². The van der Waals surface area contributed by atoms with E-state index in [2.05, 4.69) is 44.7 Å². The number of anilines is 1. The largest absolute Gasteiger partial charge is 0.495 e. The van der Waals surface area contributed by atoms with Crippen molar-refractivity contribution >= 4 is 70.2 Å². The Morgan fingerprint density at radius 3 is 2.42 bits per heavy atom. The van der Waals surface area contributed by atoms with Gasteiger partial charge in [-0.2, -0.15) is 4.98 Å². The smallest absolute Gasteiger partial charge is 0.259 e. The molecule has 2 aromatic heterocycles.